The Kier molecular flexibility index (Phi) is 4.88. The number of methoxy groups -OCH3 is 1. The highest BCUT2D eigenvalue weighted by molar-refractivity contribution is 6.05. The first kappa shape index (κ1) is 17.5. The number of nitrogens with zero attached hydrogens (tertiary/aromatic N) is 1. The Labute approximate surface area is 150 Å². The molecule has 0 bridgehead atoms. The molecule has 0 radical (unpaired) electrons. The number of rotatable bonds is 5. The van der Waals surface area contributed by atoms with Crippen LogP contribution < -0.4 is 15.4 Å². The number of carbonyl (C=O) groups is 3. The zero-order valence-corrected chi connectivity index (χ0v) is 14.5. The van der Waals surface area contributed by atoms with Gasteiger partial charge in [0.05, 0.1) is 25.9 Å². The smallest absolute Gasteiger partial charge is 0.324 e. The number of aryl methyl sites for hydroxylation is 1. The van der Waals surface area contributed by atoms with Gasteiger partial charge in [0.1, 0.15) is 5.75 Å². The highest BCUT2D eigenvalue weighted by Gasteiger charge is 2.28. The van der Waals surface area contributed by atoms with Gasteiger partial charge in [-0.1, -0.05) is 18.2 Å². The second-order valence-corrected chi connectivity index (χ2v) is 6.00. The third-order valence-electron chi connectivity index (χ3n) is 4.07. The molecule has 2 aromatic rings. The van der Waals surface area contributed by atoms with Crippen LogP contribution in [0.5, 0.6) is 5.75 Å². The van der Waals surface area contributed by atoms with Gasteiger partial charge in [0.2, 0.25) is 5.91 Å². The molecule has 1 aliphatic rings. The van der Waals surface area contributed by atoms with E-state index in [1.165, 1.54) is 0 Å². The second-order valence-electron chi connectivity index (χ2n) is 6.00. The van der Waals surface area contributed by atoms with Crippen LogP contribution in [0.1, 0.15) is 21.5 Å². The van der Waals surface area contributed by atoms with E-state index in [1.807, 2.05) is 19.1 Å². The number of amides is 4. The molecule has 26 heavy (non-hydrogen) atoms. The first-order valence-electron chi connectivity index (χ1n) is 8.11. The molecule has 0 aliphatic carbocycles. The maximum atomic E-state index is 12.6. The quantitative estimate of drug-likeness (QED) is 0.808. The molecule has 1 heterocycles. The number of carbonyl (C=O) groups excluding carboxylic acids is 3. The third-order valence-corrected chi connectivity index (χ3v) is 4.07. The van der Waals surface area contributed by atoms with E-state index < -0.39 is 6.03 Å². The lowest BCUT2D eigenvalue weighted by Gasteiger charge is -2.14. The van der Waals surface area contributed by atoms with E-state index in [9.17, 15) is 14.4 Å². The molecule has 0 atom stereocenters. The van der Waals surface area contributed by atoms with Crippen LogP contribution in [-0.2, 0) is 11.3 Å². The zero-order valence-electron chi connectivity index (χ0n) is 14.5. The Hall–Kier alpha value is -3.35. The predicted molar refractivity (Wildman–Crippen MR) is 96.1 cm³/mol. The number of urea groups is 1. The molecule has 3 rings (SSSR count). The summed E-state index contributed by atoms with van der Waals surface area (Å²) in [5.41, 5.74) is 2.70. The van der Waals surface area contributed by atoms with Crippen LogP contribution in [0.25, 0.3) is 0 Å². The Bertz CT molecular complexity index is 863. The zero-order chi connectivity index (χ0) is 18.7. The molecule has 1 fully saturated rings. The number of imide groups is 1. The van der Waals surface area contributed by atoms with Gasteiger partial charge in [-0.05, 0) is 42.3 Å². The summed E-state index contributed by atoms with van der Waals surface area (Å²) in [6, 6.07) is 11.9. The van der Waals surface area contributed by atoms with Gasteiger partial charge in [-0.3, -0.25) is 14.5 Å². The van der Waals surface area contributed by atoms with Crippen molar-refractivity contribution in [3.63, 3.8) is 0 Å². The molecule has 7 heteroatoms. The fourth-order valence-electron chi connectivity index (χ4n) is 2.72. The van der Waals surface area contributed by atoms with Crippen LogP contribution in [-0.4, -0.2) is 36.4 Å². The van der Waals surface area contributed by atoms with E-state index >= 15 is 0 Å². The lowest BCUT2D eigenvalue weighted by molar-refractivity contribution is -0.125. The summed E-state index contributed by atoms with van der Waals surface area (Å²) in [4.78, 5) is 37.1. The Morgan fingerprint density at radius 2 is 2.04 bits per heavy atom. The number of anilines is 1. The monoisotopic (exact) mass is 353 g/mol. The number of benzene rings is 2. The Morgan fingerprint density at radius 1 is 1.23 bits per heavy atom. The van der Waals surface area contributed by atoms with Gasteiger partial charge in [0.15, 0.2) is 0 Å². The van der Waals surface area contributed by atoms with E-state index in [-0.39, 0.29) is 24.9 Å². The minimum absolute atomic E-state index is 0.00611. The SMILES string of the molecule is COc1ccc(C)cc1NC(=O)c1cccc(CN2C(=O)CNC2=O)c1. The normalized spacial score (nSPS) is 13.5. The number of hydrogen-bond donors (Lipinski definition) is 2. The van der Waals surface area contributed by atoms with Crippen LogP contribution in [0.15, 0.2) is 42.5 Å². The predicted octanol–water partition coefficient (Wildman–Crippen LogP) is 2.31. The lowest BCUT2D eigenvalue weighted by Crippen LogP contribution is -2.30. The van der Waals surface area contributed by atoms with Crippen molar-refractivity contribution < 1.29 is 19.1 Å². The fourth-order valence-corrected chi connectivity index (χ4v) is 2.72. The van der Waals surface area contributed by atoms with Crippen molar-refractivity contribution in [2.75, 3.05) is 19.0 Å². The third kappa shape index (κ3) is 3.66. The van der Waals surface area contributed by atoms with E-state index in [1.54, 1.807) is 37.4 Å². The molecule has 1 saturated heterocycles. The molecule has 134 valence electrons. The molecule has 0 spiro atoms. The van der Waals surface area contributed by atoms with Crippen LogP contribution in [0.2, 0.25) is 0 Å². The first-order valence-corrected chi connectivity index (χ1v) is 8.11. The van der Waals surface area contributed by atoms with Crippen molar-refractivity contribution in [2.45, 2.75) is 13.5 Å². The number of nitrogens with one attached hydrogen (secondary N) is 2. The summed E-state index contributed by atoms with van der Waals surface area (Å²) in [6.45, 7) is 2.06. The number of ether oxygens (including phenoxy) is 1. The minimum Gasteiger partial charge on any atom is -0.495 e. The molecular formula is C19H19N3O4. The lowest BCUT2D eigenvalue weighted by atomic mass is 10.1. The van der Waals surface area contributed by atoms with Crippen molar-refractivity contribution in [2.24, 2.45) is 0 Å². The van der Waals surface area contributed by atoms with Gasteiger partial charge < -0.3 is 15.4 Å². The fraction of sp³-hybridized carbons (Fsp3) is 0.211. The van der Waals surface area contributed by atoms with Crippen molar-refractivity contribution in [1.29, 1.82) is 0 Å². The summed E-state index contributed by atoms with van der Waals surface area (Å²) in [6.07, 6.45) is 0. The van der Waals surface area contributed by atoms with Gasteiger partial charge in [0, 0.05) is 5.56 Å². The molecule has 2 N–H and O–H groups in total. The van der Waals surface area contributed by atoms with Crippen LogP contribution in [0, 0.1) is 6.92 Å². The molecule has 4 amide bonds. The largest absolute Gasteiger partial charge is 0.495 e. The van der Waals surface area contributed by atoms with E-state index in [0.29, 0.717) is 22.6 Å². The molecule has 0 aromatic heterocycles. The van der Waals surface area contributed by atoms with Crippen molar-refractivity contribution in [3.05, 3.63) is 59.2 Å². The standard InChI is InChI=1S/C19H19N3O4/c1-12-6-7-16(26-2)15(8-12)21-18(24)14-5-3-4-13(9-14)11-22-17(23)10-20-19(22)25/h3-9H,10-11H2,1-2H3,(H,20,25)(H,21,24). The minimum atomic E-state index is -0.422. The highest BCUT2D eigenvalue weighted by Crippen LogP contribution is 2.26. The van der Waals surface area contributed by atoms with Crippen molar-refractivity contribution in [3.8, 4) is 5.75 Å². The maximum absolute atomic E-state index is 12.6. The summed E-state index contributed by atoms with van der Waals surface area (Å²) < 4.78 is 5.27. The summed E-state index contributed by atoms with van der Waals surface area (Å²) in [5.74, 6) is -0.0123. The average Bonchev–Trinajstić information content (AvgIpc) is 2.94. The van der Waals surface area contributed by atoms with Gasteiger partial charge in [-0.15, -0.1) is 0 Å². The summed E-state index contributed by atoms with van der Waals surface area (Å²) >= 11 is 0. The number of hydrogen-bond acceptors (Lipinski definition) is 4. The van der Waals surface area contributed by atoms with Crippen molar-refractivity contribution in [1.82, 2.24) is 10.2 Å². The molecule has 0 saturated carbocycles. The van der Waals surface area contributed by atoms with Gasteiger partial charge in [-0.2, -0.15) is 0 Å². The van der Waals surface area contributed by atoms with E-state index in [2.05, 4.69) is 10.6 Å². The Balaban J connectivity index is 1.77. The first-order chi connectivity index (χ1) is 12.5. The average molecular weight is 353 g/mol. The maximum Gasteiger partial charge on any atom is 0.324 e. The van der Waals surface area contributed by atoms with Gasteiger partial charge in [0.25, 0.3) is 5.91 Å². The molecule has 7 nitrogen and oxygen atoms in total. The Morgan fingerprint density at radius 3 is 2.73 bits per heavy atom. The second kappa shape index (κ2) is 7.26. The topological polar surface area (TPSA) is 87.7 Å². The van der Waals surface area contributed by atoms with Crippen LogP contribution in [0.4, 0.5) is 10.5 Å². The molecular weight excluding hydrogens is 334 g/mol. The van der Waals surface area contributed by atoms with Gasteiger partial charge >= 0.3 is 6.03 Å². The van der Waals surface area contributed by atoms with Gasteiger partial charge in [-0.25, -0.2) is 4.79 Å². The van der Waals surface area contributed by atoms with Crippen LogP contribution in [0.3, 0.4) is 0 Å². The highest BCUT2D eigenvalue weighted by atomic mass is 16.5. The van der Waals surface area contributed by atoms with E-state index in [4.69, 9.17) is 4.74 Å². The summed E-state index contributed by atoms with van der Waals surface area (Å²) in [5, 5.41) is 5.31. The van der Waals surface area contributed by atoms with E-state index in [0.717, 1.165) is 10.5 Å². The molecule has 1 aliphatic heterocycles. The van der Waals surface area contributed by atoms with Crippen molar-refractivity contribution >= 4 is 23.5 Å². The summed E-state index contributed by atoms with van der Waals surface area (Å²) in [7, 11) is 1.54. The molecule has 0 unspecified atom stereocenters. The van der Waals surface area contributed by atoms with Crippen LogP contribution >= 0.6 is 0 Å². The molecule has 2 aromatic carbocycles.